The number of aliphatic hydroxyl groups excluding tert-OH is 1. The summed E-state index contributed by atoms with van der Waals surface area (Å²) >= 11 is 0. The molecule has 0 saturated carbocycles. The molecule has 0 fully saturated rings. The maximum atomic E-state index is 10.1. The van der Waals surface area contributed by atoms with Crippen LogP contribution < -0.4 is 0 Å². The summed E-state index contributed by atoms with van der Waals surface area (Å²) in [7, 11) is -0.836. The zero-order valence-corrected chi connectivity index (χ0v) is 17.6. The van der Waals surface area contributed by atoms with Crippen LogP contribution in [0.25, 0.3) is 11.6 Å². The highest BCUT2D eigenvalue weighted by molar-refractivity contribution is 6.43. The first-order valence-corrected chi connectivity index (χ1v) is 10.3. The summed E-state index contributed by atoms with van der Waals surface area (Å²) in [6, 6.07) is 14.1. The highest BCUT2D eigenvalue weighted by Crippen LogP contribution is 2.31. The van der Waals surface area contributed by atoms with Crippen LogP contribution >= 0.6 is 0 Å². The first kappa shape index (κ1) is 22.1. The smallest absolute Gasteiger partial charge is 0.458 e. The van der Waals surface area contributed by atoms with Crippen LogP contribution in [0.5, 0.6) is 5.75 Å². The molecule has 1 aliphatic rings. The van der Waals surface area contributed by atoms with E-state index in [0.717, 1.165) is 39.8 Å². The van der Waals surface area contributed by atoms with Gasteiger partial charge in [0, 0.05) is 6.32 Å². The molecule has 2 aromatic carbocycles. The summed E-state index contributed by atoms with van der Waals surface area (Å²) in [5.41, 5.74) is 6.46. The zero-order valence-electron chi connectivity index (χ0n) is 17.6. The van der Waals surface area contributed by atoms with E-state index in [1.54, 1.807) is 0 Å². The fourth-order valence-electron chi connectivity index (χ4n) is 3.88. The third-order valence-corrected chi connectivity index (χ3v) is 5.48. The number of benzene rings is 2. The third kappa shape index (κ3) is 5.31. The summed E-state index contributed by atoms with van der Waals surface area (Å²) in [5.74, 6) is 0.329. The molecule has 0 amide bonds. The van der Waals surface area contributed by atoms with Gasteiger partial charge in [-0.15, -0.1) is 0 Å². The molecule has 156 valence electrons. The number of aromatic hydroxyl groups is 1. The minimum absolute atomic E-state index is 0.130. The molecule has 3 rings (SSSR count). The van der Waals surface area contributed by atoms with Crippen molar-refractivity contribution in [1.82, 2.24) is 0 Å². The van der Waals surface area contributed by atoms with Gasteiger partial charge >= 0.3 is 7.12 Å². The second-order valence-corrected chi connectivity index (χ2v) is 7.81. The van der Waals surface area contributed by atoms with Gasteiger partial charge in [0.15, 0.2) is 0 Å². The van der Waals surface area contributed by atoms with Crippen molar-refractivity contribution < 1.29 is 19.9 Å². The maximum Gasteiger partial charge on any atom is 0.458 e. The van der Waals surface area contributed by atoms with Gasteiger partial charge in [-0.05, 0) is 77.8 Å². The van der Waals surface area contributed by atoms with Gasteiger partial charge in [-0.3, -0.25) is 0 Å². The van der Waals surface area contributed by atoms with E-state index in [-0.39, 0.29) is 12.7 Å². The Morgan fingerprint density at radius 1 is 1.20 bits per heavy atom. The van der Waals surface area contributed by atoms with Crippen LogP contribution in [-0.2, 0) is 4.65 Å². The minimum Gasteiger partial charge on any atom is -0.507 e. The molecule has 0 radical (unpaired) electrons. The summed E-state index contributed by atoms with van der Waals surface area (Å²) in [5, 5.41) is 29.6. The quantitative estimate of drug-likeness (QED) is 0.463. The van der Waals surface area contributed by atoms with Crippen LogP contribution in [0.2, 0.25) is 6.32 Å². The number of allylic oxidation sites excluding steroid dienone is 2. The Kier molecular flexibility index (Phi) is 7.32. The van der Waals surface area contributed by atoms with Crippen LogP contribution in [0.15, 0.2) is 66.3 Å². The highest BCUT2D eigenvalue weighted by atomic mass is 16.5. The standard InChI is InChI=1S/C25H29BO4/c1-17-13-20(14-18(2)25(17)28)15-22(21-7-5-4-6-8-21)9-10-24-23(19(3)16-27)11-12-26(29)30-24/h4-8,11,13-15,24,27-29H,3,9-10,12,16H2,1-2H3/b22-15-. The van der Waals surface area contributed by atoms with Gasteiger partial charge in [-0.25, -0.2) is 0 Å². The minimum atomic E-state index is -0.836. The predicted octanol–water partition coefficient (Wildman–Crippen LogP) is 4.68. The molecule has 1 atom stereocenters. The molecule has 1 unspecified atom stereocenters. The predicted molar refractivity (Wildman–Crippen MR) is 123 cm³/mol. The molecule has 5 heteroatoms. The molecule has 4 nitrogen and oxygen atoms in total. The van der Waals surface area contributed by atoms with Gasteiger partial charge in [0.2, 0.25) is 0 Å². The first-order chi connectivity index (χ1) is 14.4. The van der Waals surface area contributed by atoms with Gasteiger partial charge in [-0.2, -0.15) is 0 Å². The fraction of sp³-hybridized carbons (Fsp3) is 0.280. The number of aryl methyl sites for hydroxylation is 2. The second kappa shape index (κ2) is 9.94. The van der Waals surface area contributed by atoms with E-state index >= 15 is 0 Å². The van der Waals surface area contributed by atoms with E-state index in [1.165, 1.54) is 0 Å². The summed E-state index contributed by atoms with van der Waals surface area (Å²) in [6.45, 7) is 7.60. The van der Waals surface area contributed by atoms with Gasteiger partial charge < -0.3 is 19.9 Å². The average molecular weight is 404 g/mol. The normalized spacial score (nSPS) is 17.1. The van der Waals surface area contributed by atoms with Crippen molar-refractivity contribution in [3.05, 3.63) is 88.5 Å². The van der Waals surface area contributed by atoms with E-state index in [1.807, 2.05) is 50.3 Å². The van der Waals surface area contributed by atoms with Gasteiger partial charge in [-0.1, -0.05) is 49.1 Å². The summed E-state index contributed by atoms with van der Waals surface area (Å²) in [6.07, 6.45) is 5.51. The van der Waals surface area contributed by atoms with Crippen LogP contribution in [-0.4, -0.2) is 35.1 Å². The average Bonchev–Trinajstić information content (AvgIpc) is 2.75. The Morgan fingerprint density at radius 2 is 1.87 bits per heavy atom. The molecule has 2 aromatic rings. The Hall–Kier alpha value is -2.60. The molecule has 0 saturated heterocycles. The molecule has 1 heterocycles. The molecule has 1 aliphatic heterocycles. The zero-order chi connectivity index (χ0) is 21.7. The van der Waals surface area contributed by atoms with E-state index < -0.39 is 7.12 Å². The molecule has 0 spiro atoms. The molecular weight excluding hydrogens is 375 g/mol. The highest BCUT2D eigenvalue weighted by Gasteiger charge is 2.28. The number of hydrogen-bond acceptors (Lipinski definition) is 4. The third-order valence-electron chi connectivity index (χ3n) is 5.48. The van der Waals surface area contributed by atoms with Crippen molar-refractivity contribution in [2.75, 3.05) is 6.61 Å². The first-order valence-electron chi connectivity index (χ1n) is 10.3. The summed E-state index contributed by atoms with van der Waals surface area (Å²) < 4.78 is 5.77. The van der Waals surface area contributed by atoms with Gasteiger partial charge in [0.25, 0.3) is 0 Å². The van der Waals surface area contributed by atoms with Crippen molar-refractivity contribution in [2.24, 2.45) is 0 Å². The lowest BCUT2D eigenvalue weighted by Crippen LogP contribution is -2.32. The fourth-order valence-corrected chi connectivity index (χ4v) is 3.88. The van der Waals surface area contributed by atoms with Crippen molar-refractivity contribution in [3.63, 3.8) is 0 Å². The van der Waals surface area contributed by atoms with Crippen molar-refractivity contribution in [3.8, 4) is 5.75 Å². The van der Waals surface area contributed by atoms with Crippen LogP contribution in [0.3, 0.4) is 0 Å². The Balaban J connectivity index is 1.90. The largest absolute Gasteiger partial charge is 0.507 e. The number of phenolic OH excluding ortho intramolecular Hbond substituents is 1. The molecular formula is C25H29BO4. The molecule has 30 heavy (non-hydrogen) atoms. The SMILES string of the molecule is C=C(CO)C1=CCB(O)OC1CC/C(=C/c1cc(C)c(O)c(C)c1)c1ccccc1. The molecule has 0 aromatic heterocycles. The van der Waals surface area contributed by atoms with E-state index in [2.05, 4.69) is 24.8 Å². The van der Waals surface area contributed by atoms with Crippen molar-refractivity contribution >= 4 is 18.8 Å². The lowest BCUT2D eigenvalue weighted by atomic mass is 9.78. The number of hydrogen-bond donors (Lipinski definition) is 3. The Bertz CT molecular complexity index is 939. The lowest BCUT2D eigenvalue weighted by Gasteiger charge is -2.28. The lowest BCUT2D eigenvalue weighted by molar-refractivity contribution is 0.182. The van der Waals surface area contributed by atoms with Crippen LogP contribution in [0.4, 0.5) is 0 Å². The van der Waals surface area contributed by atoms with E-state index in [4.69, 9.17) is 4.65 Å². The Labute approximate surface area is 179 Å². The molecule has 0 bridgehead atoms. The number of aliphatic hydroxyl groups is 1. The topological polar surface area (TPSA) is 69.9 Å². The monoisotopic (exact) mass is 404 g/mol. The summed E-state index contributed by atoms with van der Waals surface area (Å²) in [4.78, 5) is 0. The van der Waals surface area contributed by atoms with Crippen LogP contribution in [0.1, 0.15) is 35.1 Å². The van der Waals surface area contributed by atoms with Crippen molar-refractivity contribution in [1.29, 1.82) is 0 Å². The molecule has 3 N–H and O–H groups in total. The van der Waals surface area contributed by atoms with E-state index in [9.17, 15) is 15.2 Å². The molecule has 0 aliphatic carbocycles. The Morgan fingerprint density at radius 3 is 2.50 bits per heavy atom. The van der Waals surface area contributed by atoms with Gasteiger partial charge in [0.1, 0.15) is 5.75 Å². The maximum absolute atomic E-state index is 10.1. The van der Waals surface area contributed by atoms with Crippen molar-refractivity contribution in [2.45, 2.75) is 39.1 Å². The van der Waals surface area contributed by atoms with Gasteiger partial charge in [0.05, 0.1) is 12.7 Å². The number of phenols is 1. The van der Waals surface area contributed by atoms with E-state index in [0.29, 0.717) is 24.1 Å². The van der Waals surface area contributed by atoms with Crippen LogP contribution in [0, 0.1) is 13.8 Å². The number of rotatable bonds is 7. The second-order valence-electron chi connectivity index (χ2n) is 7.81.